The maximum absolute atomic E-state index is 12.7. The Bertz CT molecular complexity index is 1170. The maximum Gasteiger partial charge on any atom is 0.416 e. The Balaban J connectivity index is 1.39. The number of hydrogen-bond acceptors (Lipinski definition) is 5. The van der Waals surface area contributed by atoms with Crippen LogP contribution in [-0.2, 0) is 12.6 Å². The summed E-state index contributed by atoms with van der Waals surface area (Å²) in [6.07, 6.45) is 0.972. The summed E-state index contributed by atoms with van der Waals surface area (Å²) in [7, 11) is 0. The van der Waals surface area contributed by atoms with Crippen LogP contribution in [0.1, 0.15) is 28.7 Å². The number of aromatic nitrogens is 2. The minimum atomic E-state index is -4.41. The average molecular weight is 443 g/mol. The Kier molecular flexibility index (Phi) is 6.04. The molecular formula is C23H20F3N3OS. The largest absolute Gasteiger partial charge is 0.416 e. The minimum Gasteiger partial charge on any atom is -0.387 e. The van der Waals surface area contributed by atoms with Crippen molar-refractivity contribution in [3.63, 3.8) is 0 Å². The van der Waals surface area contributed by atoms with E-state index in [1.54, 1.807) is 17.5 Å². The van der Waals surface area contributed by atoms with Gasteiger partial charge >= 0.3 is 6.18 Å². The van der Waals surface area contributed by atoms with Crippen molar-refractivity contribution in [1.29, 1.82) is 0 Å². The van der Waals surface area contributed by atoms with Crippen LogP contribution in [0.25, 0.3) is 21.2 Å². The van der Waals surface area contributed by atoms with E-state index in [4.69, 9.17) is 5.73 Å². The molecule has 0 spiro atoms. The third kappa shape index (κ3) is 4.92. The van der Waals surface area contributed by atoms with Gasteiger partial charge in [-0.1, -0.05) is 24.3 Å². The maximum atomic E-state index is 12.7. The topological polar surface area (TPSA) is 72.0 Å². The highest BCUT2D eigenvalue weighted by molar-refractivity contribution is 7.15. The number of benzene rings is 2. The molecule has 2 aromatic heterocycles. The molecule has 160 valence electrons. The first-order chi connectivity index (χ1) is 14.8. The number of nitrogens with zero attached hydrogens (tertiary/aromatic N) is 2. The number of halogens is 3. The van der Waals surface area contributed by atoms with E-state index in [-0.39, 0.29) is 0 Å². The van der Waals surface area contributed by atoms with Crippen molar-refractivity contribution in [2.45, 2.75) is 31.2 Å². The number of aliphatic hydroxyl groups excluding tert-OH is 1. The number of aliphatic hydroxyl groups is 1. The lowest BCUT2D eigenvalue weighted by Gasteiger charge is -2.19. The van der Waals surface area contributed by atoms with Crippen LogP contribution in [0.2, 0.25) is 0 Å². The molecule has 0 saturated heterocycles. The second-order valence-corrected chi connectivity index (χ2v) is 8.44. The molecule has 3 N–H and O–H groups in total. The van der Waals surface area contributed by atoms with E-state index in [0.29, 0.717) is 18.4 Å². The van der Waals surface area contributed by atoms with Gasteiger partial charge in [-0.05, 0) is 47.2 Å². The van der Waals surface area contributed by atoms with Crippen LogP contribution < -0.4 is 5.73 Å². The van der Waals surface area contributed by atoms with E-state index in [1.807, 2.05) is 30.6 Å². The Morgan fingerprint density at radius 1 is 1.00 bits per heavy atom. The summed E-state index contributed by atoms with van der Waals surface area (Å²) in [5.41, 5.74) is 6.78. The van der Waals surface area contributed by atoms with E-state index in [0.717, 1.165) is 38.4 Å². The SMILES string of the molecule is N[C@H](CCc1ncc(-c2ccc3cnccc3c2)s1)[C@@H](O)c1ccc(C(F)(F)F)cc1. The Labute approximate surface area is 181 Å². The highest BCUT2D eigenvalue weighted by atomic mass is 32.1. The van der Waals surface area contributed by atoms with Crippen molar-refractivity contribution >= 4 is 22.1 Å². The van der Waals surface area contributed by atoms with Crippen molar-refractivity contribution in [2.75, 3.05) is 0 Å². The number of thiazole rings is 1. The predicted molar refractivity (Wildman–Crippen MR) is 116 cm³/mol. The Morgan fingerprint density at radius 2 is 1.77 bits per heavy atom. The zero-order valence-electron chi connectivity index (χ0n) is 16.4. The van der Waals surface area contributed by atoms with Crippen molar-refractivity contribution in [2.24, 2.45) is 5.73 Å². The second kappa shape index (κ2) is 8.74. The summed E-state index contributed by atoms with van der Waals surface area (Å²) < 4.78 is 38.1. The van der Waals surface area contributed by atoms with E-state index in [2.05, 4.69) is 16.0 Å². The number of aryl methyl sites for hydroxylation is 1. The number of alkyl halides is 3. The van der Waals surface area contributed by atoms with Crippen LogP contribution in [0.4, 0.5) is 13.2 Å². The summed E-state index contributed by atoms with van der Waals surface area (Å²) >= 11 is 1.56. The molecule has 0 aliphatic rings. The molecular weight excluding hydrogens is 423 g/mol. The number of pyridine rings is 1. The standard InChI is InChI=1S/C23H20F3N3OS/c24-23(25,26)18-5-3-14(4-6-18)22(30)19(27)7-8-21-29-13-20(31-21)16-1-2-17-12-28-10-9-15(17)11-16/h1-6,9-13,19,22,30H,7-8,27H2/t19-,22+/m1/s1. The van der Waals surface area contributed by atoms with Gasteiger partial charge in [-0.25, -0.2) is 4.98 Å². The molecule has 2 heterocycles. The predicted octanol–water partition coefficient (Wildman–Crippen LogP) is 5.37. The van der Waals surface area contributed by atoms with Gasteiger partial charge in [0.25, 0.3) is 0 Å². The monoisotopic (exact) mass is 443 g/mol. The van der Waals surface area contributed by atoms with Crippen molar-refractivity contribution < 1.29 is 18.3 Å². The van der Waals surface area contributed by atoms with E-state index in [1.165, 1.54) is 12.1 Å². The summed E-state index contributed by atoms with van der Waals surface area (Å²) in [5, 5.41) is 13.5. The average Bonchev–Trinajstić information content (AvgIpc) is 3.25. The van der Waals surface area contributed by atoms with Crippen molar-refractivity contribution in [3.05, 3.63) is 83.3 Å². The van der Waals surface area contributed by atoms with Gasteiger partial charge in [0.05, 0.1) is 21.6 Å². The lowest BCUT2D eigenvalue weighted by molar-refractivity contribution is -0.137. The molecule has 31 heavy (non-hydrogen) atoms. The summed E-state index contributed by atoms with van der Waals surface area (Å²) in [5.74, 6) is 0. The molecule has 2 aromatic carbocycles. The number of rotatable bonds is 6. The third-order valence-corrected chi connectivity index (χ3v) is 6.26. The van der Waals surface area contributed by atoms with E-state index >= 15 is 0 Å². The molecule has 0 unspecified atom stereocenters. The zero-order chi connectivity index (χ0) is 22.0. The lowest BCUT2D eigenvalue weighted by atomic mass is 9.98. The molecule has 0 radical (unpaired) electrons. The highest BCUT2D eigenvalue weighted by Crippen LogP contribution is 2.32. The Morgan fingerprint density at radius 3 is 2.52 bits per heavy atom. The van der Waals surface area contributed by atoms with Crippen LogP contribution in [0, 0.1) is 0 Å². The number of fused-ring (bicyclic) bond motifs is 1. The zero-order valence-corrected chi connectivity index (χ0v) is 17.2. The molecule has 8 heteroatoms. The normalized spacial score (nSPS) is 14.0. The van der Waals surface area contributed by atoms with Gasteiger partial charge in [0.1, 0.15) is 0 Å². The molecule has 4 rings (SSSR count). The van der Waals surface area contributed by atoms with E-state index < -0.39 is 23.9 Å². The molecule has 0 aliphatic carbocycles. The first-order valence-electron chi connectivity index (χ1n) is 9.71. The van der Waals surface area contributed by atoms with Gasteiger partial charge in [0.2, 0.25) is 0 Å². The van der Waals surface area contributed by atoms with Gasteiger partial charge < -0.3 is 10.8 Å². The fraction of sp³-hybridized carbons (Fsp3) is 0.217. The molecule has 0 fully saturated rings. The first kappa shape index (κ1) is 21.4. The fourth-order valence-corrected chi connectivity index (χ4v) is 4.29. The molecule has 0 saturated carbocycles. The minimum absolute atomic E-state index is 0.367. The second-order valence-electron chi connectivity index (χ2n) is 7.32. The first-order valence-corrected chi connectivity index (χ1v) is 10.5. The van der Waals surface area contributed by atoms with Crippen LogP contribution in [0.5, 0.6) is 0 Å². The third-order valence-electron chi connectivity index (χ3n) is 5.16. The Hall–Kier alpha value is -2.81. The van der Waals surface area contributed by atoms with Crippen molar-refractivity contribution in [3.8, 4) is 10.4 Å². The van der Waals surface area contributed by atoms with Gasteiger partial charge in [-0.3, -0.25) is 4.98 Å². The van der Waals surface area contributed by atoms with Gasteiger partial charge in [-0.15, -0.1) is 11.3 Å². The number of hydrogen-bond donors (Lipinski definition) is 2. The molecule has 4 nitrogen and oxygen atoms in total. The van der Waals surface area contributed by atoms with Crippen molar-refractivity contribution in [1.82, 2.24) is 9.97 Å². The van der Waals surface area contributed by atoms with Crippen LogP contribution in [-0.4, -0.2) is 21.1 Å². The lowest BCUT2D eigenvalue weighted by Crippen LogP contribution is -2.29. The van der Waals surface area contributed by atoms with Gasteiger partial charge in [0.15, 0.2) is 0 Å². The molecule has 0 aliphatic heterocycles. The van der Waals surface area contributed by atoms with Crippen LogP contribution in [0.3, 0.4) is 0 Å². The summed E-state index contributed by atoms with van der Waals surface area (Å²) in [6, 6.07) is 11.9. The van der Waals surface area contributed by atoms with E-state index in [9.17, 15) is 18.3 Å². The van der Waals surface area contributed by atoms with Gasteiger partial charge in [0, 0.05) is 36.4 Å². The summed E-state index contributed by atoms with van der Waals surface area (Å²) in [4.78, 5) is 9.61. The highest BCUT2D eigenvalue weighted by Gasteiger charge is 2.30. The summed E-state index contributed by atoms with van der Waals surface area (Å²) in [6.45, 7) is 0. The fourth-order valence-electron chi connectivity index (χ4n) is 3.36. The molecule has 2 atom stereocenters. The van der Waals surface area contributed by atoms with Gasteiger partial charge in [-0.2, -0.15) is 13.2 Å². The smallest absolute Gasteiger partial charge is 0.387 e. The number of nitrogens with two attached hydrogens (primary N) is 1. The van der Waals surface area contributed by atoms with Crippen LogP contribution >= 0.6 is 11.3 Å². The molecule has 0 bridgehead atoms. The molecule has 0 amide bonds. The van der Waals surface area contributed by atoms with Crippen LogP contribution in [0.15, 0.2) is 67.1 Å². The quantitative estimate of drug-likeness (QED) is 0.420. The molecule has 4 aromatic rings.